The molecule has 0 radical (unpaired) electrons. The number of esters is 1. The number of carbonyl (C=O) groups excluding carboxylic acids is 2. The fourth-order valence-corrected chi connectivity index (χ4v) is 3.85. The minimum Gasteiger partial charge on any atom is -0.476 e. The second-order valence-corrected chi connectivity index (χ2v) is 7.00. The van der Waals surface area contributed by atoms with E-state index in [4.69, 9.17) is 21.1 Å². The zero-order chi connectivity index (χ0) is 21.8. The molecule has 1 atom stereocenters. The summed E-state index contributed by atoms with van der Waals surface area (Å²) < 4.78 is 65.4. The Bertz CT molecular complexity index is 1010. The molecule has 0 spiro atoms. The van der Waals surface area contributed by atoms with Gasteiger partial charge in [-0.2, -0.15) is 13.2 Å². The number of hydrogen-bond acceptors (Lipinski definition) is 6. The van der Waals surface area contributed by atoms with Gasteiger partial charge in [0.2, 0.25) is 5.96 Å². The van der Waals surface area contributed by atoms with E-state index < -0.39 is 35.7 Å². The lowest BCUT2D eigenvalue weighted by atomic mass is 10.0. The quantitative estimate of drug-likeness (QED) is 0.526. The molecular formula is C18H14ClF4N3O4. The highest BCUT2D eigenvalue weighted by Gasteiger charge is 2.48. The molecular weight excluding hydrogens is 434 g/mol. The summed E-state index contributed by atoms with van der Waals surface area (Å²) >= 11 is 6.04. The Morgan fingerprint density at radius 2 is 2.17 bits per heavy atom. The molecule has 3 heterocycles. The van der Waals surface area contributed by atoms with Crippen LogP contribution in [0.5, 0.6) is 5.75 Å². The van der Waals surface area contributed by atoms with Crippen molar-refractivity contribution in [3.63, 3.8) is 0 Å². The van der Waals surface area contributed by atoms with Crippen LogP contribution in [0.2, 0.25) is 5.02 Å². The number of benzene rings is 1. The number of alkyl halides is 3. The molecule has 0 fully saturated rings. The van der Waals surface area contributed by atoms with Crippen molar-refractivity contribution in [2.45, 2.75) is 25.6 Å². The van der Waals surface area contributed by atoms with Crippen molar-refractivity contribution in [3.8, 4) is 5.75 Å². The van der Waals surface area contributed by atoms with E-state index in [2.05, 4.69) is 4.99 Å². The molecule has 0 bridgehead atoms. The second-order valence-electron chi connectivity index (χ2n) is 6.59. The first kappa shape index (κ1) is 20.5. The van der Waals surface area contributed by atoms with E-state index in [1.54, 1.807) is 6.92 Å². The molecule has 30 heavy (non-hydrogen) atoms. The van der Waals surface area contributed by atoms with Gasteiger partial charge in [0.05, 0.1) is 23.9 Å². The molecule has 160 valence electrons. The van der Waals surface area contributed by atoms with Crippen LogP contribution in [0.1, 0.15) is 12.5 Å². The average Bonchev–Trinajstić information content (AvgIpc) is 3.29. The monoisotopic (exact) mass is 447 g/mol. The van der Waals surface area contributed by atoms with Crippen LogP contribution in [0.4, 0.5) is 23.2 Å². The first-order valence-electron chi connectivity index (χ1n) is 8.92. The normalized spacial score (nSPS) is 20.5. The molecule has 0 saturated carbocycles. The van der Waals surface area contributed by atoms with Gasteiger partial charge in [-0.25, -0.2) is 14.1 Å². The van der Waals surface area contributed by atoms with E-state index in [0.29, 0.717) is 6.08 Å². The third kappa shape index (κ3) is 3.17. The lowest BCUT2D eigenvalue weighted by molar-refractivity contribution is -0.150. The summed E-state index contributed by atoms with van der Waals surface area (Å²) in [6.45, 7) is 1.56. The predicted molar refractivity (Wildman–Crippen MR) is 96.8 cm³/mol. The molecule has 7 nitrogen and oxygen atoms in total. The molecule has 0 N–H and O–H groups in total. The lowest BCUT2D eigenvalue weighted by Crippen LogP contribution is -2.51. The standard InChI is InChI=1S/C18H14ClF4N3O4/c1-2-29-16(28)11-5-8-14(10(20)6-9(19)15(8)30-11)26-13(27)7-12(18(21,22)23)25-4-3-24-17(25)26/h6-7,11H,2-5H2,1H3. The number of allylic oxidation sites excluding steroid dienone is 1. The fraction of sp³-hybridized carbons (Fsp3) is 0.389. The van der Waals surface area contributed by atoms with Crippen LogP contribution in [-0.2, 0) is 20.7 Å². The number of amides is 1. The van der Waals surface area contributed by atoms with Gasteiger partial charge in [0, 0.05) is 24.6 Å². The maximum absolute atomic E-state index is 15.0. The Morgan fingerprint density at radius 1 is 1.43 bits per heavy atom. The zero-order valence-corrected chi connectivity index (χ0v) is 16.2. The Balaban J connectivity index is 1.81. The van der Waals surface area contributed by atoms with Crippen molar-refractivity contribution in [2.75, 3.05) is 24.6 Å². The molecule has 1 aromatic rings. The SMILES string of the molecule is CCOC(=O)C1Cc2c(c(Cl)cc(F)c2N2C(=O)C=C(C(F)(F)F)N3CCN=C32)O1. The Kier molecular flexibility index (Phi) is 4.88. The molecule has 0 saturated heterocycles. The van der Waals surface area contributed by atoms with E-state index in [1.807, 2.05) is 0 Å². The van der Waals surface area contributed by atoms with Crippen molar-refractivity contribution in [1.82, 2.24) is 4.90 Å². The maximum Gasteiger partial charge on any atom is 0.431 e. The van der Waals surface area contributed by atoms with Gasteiger partial charge in [0.1, 0.15) is 17.3 Å². The van der Waals surface area contributed by atoms with Crippen molar-refractivity contribution >= 4 is 35.1 Å². The summed E-state index contributed by atoms with van der Waals surface area (Å²) in [6, 6.07) is 0.874. The summed E-state index contributed by atoms with van der Waals surface area (Å²) in [4.78, 5) is 30.3. The van der Waals surface area contributed by atoms with E-state index in [-0.39, 0.29) is 54.1 Å². The molecule has 0 aliphatic carbocycles. The van der Waals surface area contributed by atoms with Crippen LogP contribution in [0.15, 0.2) is 22.8 Å². The van der Waals surface area contributed by atoms with Gasteiger partial charge in [-0.1, -0.05) is 11.6 Å². The predicted octanol–water partition coefficient (Wildman–Crippen LogP) is 2.81. The van der Waals surface area contributed by atoms with Crippen LogP contribution in [-0.4, -0.2) is 54.7 Å². The number of anilines is 1. The van der Waals surface area contributed by atoms with Gasteiger partial charge in [-0.3, -0.25) is 9.79 Å². The summed E-state index contributed by atoms with van der Waals surface area (Å²) in [5, 5.41) is -0.140. The van der Waals surface area contributed by atoms with Gasteiger partial charge in [0.15, 0.2) is 6.10 Å². The zero-order valence-electron chi connectivity index (χ0n) is 15.4. The van der Waals surface area contributed by atoms with Crippen LogP contribution >= 0.6 is 11.6 Å². The van der Waals surface area contributed by atoms with Gasteiger partial charge in [-0.15, -0.1) is 0 Å². The second kappa shape index (κ2) is 7.15. The largest absolute Gasteiger partial charge is 0.476 e. The molecule has 1 unspecified atom stereocenters. The van der Waals surface area contributed by atoms with Crippen molar-refractivity contribution in [2.24, 2.45) is 4.99 Å². The van der Waals surface area contributed by atoms with Crippen LogP contribution in [0.25, 0.3) is 0 Å². The molecule has 3 aliphatic rings. The summed E-state index contributed by atoms with van der Waals surface area (Å²) in [7, 11) is 0. The lowest BCUT2D eigenvalue weighted by Gasteiger charge is -2.35. The van der Waals surface area contributed by atoms with E-state index >= 15 is 0 Å². The highest BCUT2D eigenvalue weighted by molar-refractivity contribution is 6.33. The van der Waals surface area contributed by atoms with E-state index in [1.165, 1.54) is 0 Å². The van der Waals surface area contributed by atoms with Gasteiger partial charge < -0.3 is 14.4 Å². The molecule has 1 aromatic carbocycles. The van der Waals surface area contributed by atoms with Crippen LogP contribution in [0, 0.1) is 5.82 Å². The number of nitrogens with zero attached hydrogens (tertiary/aromatic N) is 3. The number of aliphatic imine (C=N–C) groups is 1. The molecule has 1 amide bonds. The number of guanidine groups is 1. The Hall–Kier alpha value is -2.82. The number of ether oxygens (including phenoxy) is 2. The maximum atomic E-state index is 15.0. The Labute approximate surface area is 172 Å². The van der Waals surface area contributed by atoms with Crippen molar-refractivity contribution in [3.05, 3.63) is 34.2 Å². The number of halogens is 5. The number of hydrogen-bond donors (Lipinski definition) is 0. The highest BCUT2D eigenvalue weighted by atomic mass is 35.5. The first-order valence-corrected chi connectivity index (χ1v) is 9.30. The third-order valence-electron chi connectivity index (χ3n) is 4.76. The summed E-state index contributed by atoms with van der Waals surface area (Å²) in [6.07, 6.45) is -5.69. The number of rotatable bonds is 3. The summed E-state index contributed by atoms with van der Waals surface area (Å²) in [5.74, 6) is -3.17. The molecule has 12 heteroatoms. The average molecular weight is 448 g/mol. The highest BCUT2D eigenvalue weighted by Crippen LogP contribution is 2.45. The van der Waals surface area contributed by atoms with Crippen molar-refractivity contribution in [1.29, 1.82) is 0 Å². The number of carbonyl (C=O) groups is 2. The Morgan fingerprint density at radius 3 is 2.83 bits per heavy atom. The minimum atomic E-state index is -4.79. The van der Waals surface area contributed by atoms with Crippen LogP contribution in [0.3, 0.4) is 0 Å². The topological polar surface area (TPSA) is 71.4 Å². The fourth-order valence-electron chi connectivity index (χ4n) is 3.59. The third-order valence-corrected chi connectivity index (χ3v) is 5.04. The van der Waals surface area contributed by atoms with Gasteiger partial charge >= 0.3 is 12.1 Å². The van der Waals surface area contributed by atoms with Gasteiger partial charge in [0.25, 0.3) is 5.91 Å². The molecule has 3 aliphatic heterocycles. The van der Waals surface area contributed by atoms with Crippen molar-refractivity contribution < 1.29 is 36.6 Å². The molecule has 0 aromatic heterocycles. The summed E-state index contributed by atoms with van der Waals surface area (Å²) in [5.41, 5.74) is -1.45. The molecule has 4 rings (SSSR count). The van der Waals surface area contributed by atoms with E-state index in [0.717, 1.165) is 15.9 Å². The number of fused-ring (bicyclic) bond motifs is 2. The van der Waals surface area contributed by atoms with Crippen LogP contribution < -0.4 is 9.64 Å². The smallest absolute Gasteiger partial charge is 0.431 e. The first-order chi connectivity index (χ1) is 14.1. The van der Waals surface area contributed by atoms with E-state index in [9.17, 15) is 27.2 Å². The van der Waals surface area contributed by atoms with Gasteiger partial charge in [-0.05, 0) is 13.0 Å². The minimum absolute atomic E-state index is 0.00805.